The molecule has 0 spiro atoms. The van der Waals surface area contributed by atoms with E-state index in [1.165, 1.54) is 12.4 Å². The Labute approximate surface area is 90.7 Å². The van der Waals surface area contributed by atoms with Crippen LogP contribution >= 0.6 is 11.6 Å². The molecule has 15 heavy (non-hydrogen) atoms. The molecule has 2 rings (SSSR count). The van der Waals surface area contributed by atoms with Gasteiger partial charge >= 0.3 is 0 Å². The first-order valence-corrected chi connectivity index (χ1v) is 4.66. The summed E-state index contributed by atoms with van der Waals surface area (Å²) in [6.07, 6.45) is 1.55. The highest BCUT2D eigenvalue weighted by molar-refractivity contribution is 6.29. The summed E-state index contributed by atoms with van der Waals surface area (Å²) in [6.45, 7) is 0. The molecule has 0 aliphatic heterocycles. The lowest BCUT2D eigenvalue weighted by Crippen LogP contribution is -2.08. The summed E-state index contributed by atoms with van der Waals surface area (Å²) in [5, 5.41) is 4.07. The summed E-state index contributed by atoms with van der Waals surface area (Å²) in [5.41, 5.74) is 0. The van der Waals surface area contributed by atoms with Gasteiger partial charge in [-0.25, -0.2) is 4.98 Å². The molecule has 78 valence electrons. The number of aryl methyl sites for hydroxylation is 1. The number of furan rings is 1. The Morgan fingerprint density at radius 3 is 2.93 bits per heavy atom. The Balaban J connectivity index is 2.14. The van der Waals surface area contributed by atoms with Crippen LogP contribution in [0.3, 0.4) is 0 Å². The third kappa shape index (κ3) is 2.07. The van der Waals surface area contributed by atoms with E-state index in [2.05, 4.69) is 10.1 Å². The number of carbonyl (C=O) groups excluding carboxylic acids is 1. The zero-order valence-corrected chi connectivity index (χ0v) is 8.73. The highest BCUT2D eigenvalue weighted by atomic mass is 35.5. The summed E-state index contributed by atoms with van der Waals surface area (Å²) in [6, 6.07) is 3.08. The zero-order chi connectivity index (χ0) is 10.8. The average Bonchev–Trinajstić information content (AvgIpc) is 2.77. The molecule has 0 aliphatic rings. The van der Waals surface area contributed by atoms with E-state index in [1.54, 1.807) is 17.8 Å². The van der Waals surface area contributed by atoms with Gasteiger partial charge in [0.1, 0.15) is 12.2 Å². The van der Waals surface area contributed by atoms with Crippen LogP contribution in [0, 0.1) is 0 Å². The van der Waals surface area contributed by atoms with E-state index in [0.717, 1.165) is 0 Å². The van der Waals surface area contributed by atoms with Crippen molar-refractivity contribution in [2.24, 2.45) is 7.05 Å². The number of halogens is 1. The maximum atomic E-state index is 11.6. The van der Waals surface area contributed by atoms with E-state index in [-0.39, 0.29) is 23.2 Å². The second-order valence-corrected chi connectivity index (χ2v) is 3.38. The Hall–Kier alpha value is -1.62. The largest absolute Gasteiger partial charge is 0.442 e. The predicted octanol–water partition coefficient (Wildman–Crippen LogP) is 1.49. The van der Waals surface area contributed by atoms with E-state index in [0.29, 0.717) is 5.82 Å². The van der Waals surface area contributed by atoms with E-state index < -0.39 is 0 Å². The highest BCUT2D eigenvalue weighted by Gasteiger charge is 2.14. The van der Waals surface area contributed by atoms with Crippen molar-refractivity contribution in [3.63, 3.8) is 0 Å². The van der Waals surface area contributed by atoms with Crippen LogP contribution in [-0.2, 0) is 13.5 Å². The summed E-state index contributed by atoms with van der Waals surface area (Å²) >= 11 is 5.57. The zero-order valence-electron chi connectivity index (χ0n) is 7.98. The van der Waals surface area contributed by atoms with Crippen molar-refractivity contribution < 1.29 is 9.21 Å². The lowest BCUT2D eigenvalue weighted by atomic mass is 10.2. The number of nitrogens with zero attached hydrogens (tertiary/aromatic N) is 3. The maximum Gasteiger partial charge on any atom is 0.205 e. The number of ketones is 1. The summed E-state index contributed by atoms with van der Waals surface area (Å²) in [5.74, 6) is 0.661. The molecule has 0 bridgehead atoms. The van der Waals surface area contributed by atoms with Crippen LogP contribution < -0.4 is 0 Å². The number of carbonyl (C=O) groups is 1. The lowest BCUT2D eigenvalue weighted by Gasteiger charge is -1.96. The second kappa shape index (κ2) is 3.86. The molecule has 2 heterocycles. The first-order chi connectivity index (χ1) is 7.16. The molecular weight excluding hydrogens is 218 g/mol. The van der Waals surface area contributed by atoms with Crippen LogP contribution in [0.15, 0.2) is 22.9 Å². The molecule has 0 saturated heterocycles. The quantitative estimate of drug-likeness (QED) is 0.743. The third-order valence-corrected chi connectivity index (χ3v) is 2.17. The van der Waals surface area contributed by atoms with Gasteiger partial charge in [-0.15, -0.1) is 0 Å². The molecule has 0 fully saturated rings. The molecule has 5 nitrogen and oxygen atoms in total. The minimum atomic E-state index is -0.169. The van der Waals surface area contributed by atoms with Crippen molar-refractivity contribution >= 4 is 17.4 Å². The van der Waals surface area contributed by atoms with Crippen molar-refractivity contribution in [1.82, 2.24) is 14.8 Å². The average molecular weight is 226 g/mol. The van der Waals surface area contributed by atoms with E-state index in [1.807, 2.05) is 0 Å². The second-order valence-electron chi connectivity index (χ2n) is 3.00. The summed E-state index contributed by atoms with van der Waals surface area (Å²) in [4.78, 5) is 15.6. The molecule has 0 aromatic carbocycles. The molecule has 0 N–H and O–H groups in total. The van der Waals surface area contributed by atoms with Crippen molar-refractivity contribution in [1.29, 1.82) is 0 Å². The standard InChI is InChI=1S/C9H8ClN3O2/c1-13-9(11-5-12-13)4-6(14)7-2-3-8(10)15-7/h2-3,5H,4H2,1H3. The Morgan fingerprint density at radius 1 is 1.60 bits per heavy atom. The number of hydrogen-bond acceptors (Lipinski definition) is 4. The van der Waals surface area contributed by atoms with Gasteiger partial charge in [-0.05, 0) is 23.7 Å². The Morgan fingerprint density at radius 2 is 2.40 bits per heavy atom. The fourth-order valence-corrected chi connectivity index (χ4v) is 1.32. The molecule has 0 atom stereocenters. The molecule has 6 heteroatoms. The van der Waals surface area contributed by atoms with Gasteiger partial charge in [0.15, 0.2) is 11.0 Å². The molecule has 2 aromatic rings. The molecule has 0 radical (unpaired) electrons. The number of hydrogen-bond donors (Lipinski definition) is 0. The van der Waals surface area contributed by atoms with Gasteiger partial charge in [-0.2, -0.15) is 5.10 Å². The van der Waals surface area contributed by atoms with E-state index >= 15 is 0 Å². The number of Topliss-reactive ketones (excluding diaryl/α,β-unsaturated/α-hetero) is 1. The van der Waals surface area contributed by atoms with Crippen molar-refractivity contribution in [3.8, 4) is 0 Å². The van der Waals surface area contributed by atoms with Crippen LogP contribution in [0.4, 0.5) is 0 Å². The minimum Gasteiger partial charge on any atom is -0.442 e. The first kappa shape index (κ1) is 9.92. The van der Waals surface area contributed by atoms with Crippen LogP contribution in [-0.4, -0.2) is 20.5 Å². The SMILES string of the molecule is Cn1ncnc1CC(=O)c1ccc(Cl)o1. The Kier molecular flexibility index (Phi) is 2.55. The predicted molar refractivity (Wildman–Crippen MR) is 52.8 cm³/mol. The number of rotatable bonds is 3. The van der Waals surface area contributed by atoms with Gasteiger partial charge in [0.05, 0.1) is 6.42 Å². The fraction of sp³-hybridized carbons (Fsp3) is 0.222. The van der Waals surface area contributed by atoms with Gasteiger partial charge in [-0.1, -0.05) is 0 Å². The normalized spacial score (nSPS) is 10.5. The van der Waals surface area contributed by atoms with Gasteiger partial charge in [0.2, 0.25) is 5.78 Å². The van der Waals surface area contributed by atoms with Crippen LogP contribution in [0.2, 0.25) is 5.22 Å². The molecule has 2 aromatic heterocycles. The first-order valence-electron chi connectivity index (χ1n) is 4.28. The highest BCUT2D eigenvalue weighted by Crippen LogP contribution is 2.14. The monoisotopic (exact) mass is 225 g/mol. The van der Waals surface area contributed by atoms with Gasteiger partial charge in [0, 0.05) is 7.05 Å². The van der Waals surface area contributed by atoms with Crippen LogP contribution in [0.1, 0.15) is 16.4 Å². The molecule has 0 aliphatic carbocycles. The maximum absolute atomic E-state index is 11.6. The van der Waals surface area contributed by atoms with E-state index in [4.69, 9.17) is 16.0 Å². The minimum absolute atomic E-state index is 0.153. The summed E-state index contributed by atoms with van der Waals surface area (Å²) in [7, 11) is 1.73. The molecule has 0 unspecified atom stereocenters. The van der Waals surface area contributed by atoms with Crippen LogP contribution in [0.25, 0.3) is 0 Å². The van der Waals surface area contributed by atoms with Gasteiger partial charge in [-0.3, -0.25) is 9.48 Å². The number of aromatic nitrogens is 3. The van der Waals surface area contributed by atoms with Crippen LogP contribution in [0.5, 0.6) is 0 Å². The van der Waals surface area contributed by atoms with Crippen molar-refractivity contribution in [3.05, 3.63) is 35.3 Å². The van der Waals surface area contributed by atoms with Crippen molar-refractivity contribution in [2.75, 3.05) is 0 Å². The molecule has 0 amide bonds. The van der Waals surface area contributed by atoms with Crippen molar-refractivity contribution in [2.45, 2.75) is 6.42 Å². The van der Waals surface area contributed by atoms with E-state index in [9.17, 15) is 4.79 Å². The molecule has 0 saturated carbocycles. The summed E-state index contributed by atoms with van der Waals surface area (Å²) < 4.78 is 6.54. The van der Waals surface area contributed by atoms with Gasteiger partial charge < -0.3 is 4.42 Å². The fourth-order valence-electron chi connectivity index (χ4n) is 1.18. The topological polar surface area (TPSA) is 60.9 Å². The van der Waals surface area contributed by atoms with Gasteiger partial charge in [0.25, 0.3) is 0 Å². The Bertz CT molecular complexity index is 489. The molecular formula is C9H8ClN3O2. The third-order valence-electron chi connectivity index (χ3n) is 1.97. The smallest absolute Gasteiger partial charge is 0.205 e. The lowest BCUT2D eigenvalue weighted by molar-refractivity contribution is 0.0963.